The molecular weight excluding hydrogens is 355 g/mol. The van der Waals surface area contributed by atoms with Crippen LogP contribution >= 0.6 is 0 Å². The van der Waals surface area contributed by atoms with Crippen molar-refractivity contribution >= 4 is 5.91 Å². The number of halogens is 1. The van der Waals surface area contributed by atoms with Crippen molar-refractivity contribution in [2.45, 2.75) is 6.42 Å². The van der Waals surface area contributed by atoms with Gasteiger partial charge in [0.25, 0.3) is 5.91 Å². The van der Waals surface area contributed by atoms with Crippen LogP contribution in [-0.4, -0.2) is 19.1 Å². The second-order valence-electron chi connectivity index (χ2n) is 6.19. The Morgan fingerprint density at radius 2 is 1.61 bits per heavy atom. The molecule has 4 nitrogen and oxygen atoms in total. The number of ether oxygens (including phenoxy) is 1. The first-order chi connectivity index (χ1) is 13.7. The molecule has 1 N–H and O–H groups in total. The standard InChI is InChI=1S/C23H19FN2O2/c24-22-4-2-1-3-20(22)13-14-26-23(27)16-28-21-11-9-19(10-12-21)18-7-5-17(15-25)6-8-18/h1-12H,13-14,16H2,(H,26,27). The topological polar surface area (TPSA) is 62.1 Å². The third kappa shape index (κ3) is 5.18. The monoisotopic (exact) mass is 374 g/mol. The van der Waals surface area contributed by atoms with Crippen LogP contribution in [0.4, 0.5) is 4.39 Å². The molecule has 0 aliphatic rings. The minimum atomic E-state index is -0.268. The van der Waals surface area contributed by atoms with Crippen LogP contribution in [0.2, 0.25) is 0 Å². The Morgan fingerprint density at radius 3 is 2.25 bits per heavy atom. The van der Waals surface area contributed by atoms with Crippen molar-refractivity contribution in [3.8, 4) is 22.9 Å². The highest BCUT2D eigenvalue weighted by Crippen LogP contribution is 2.22. The van der Waals surface area contributed by atoms with Crippen molar-refractivity contribution in [1.29, 1.82) is 5.26 Å². The number of hydrogen-bond donors (Lipinski definition) is 1. The lowest BCUT2D eigenvalue weighted by atomic mass is 10.0. The first-order valence-corrected chi connectivity index (χ1v) is 8.89. The van der Waals surface area contributed by atoms with Gasteiger partial charge in [0, 0.05) is 6.54 Å². The zero-order chi connectivity index (χ0) is 19.8. The van der Waals surface area contributed by atoms with Crippen molar-refractivity contribution in [3.63, 3.8) is 0 Å². The average molecular weight is 374 g/mol. The predicted octanol–water partition coefficient (Wildman–Crippen LogP) is 4.10. The van der Waals surface area contributed by atoms with Crippen LogP contribution in [0.25, 0.3) is 11.1 Å². The maximum Gasteiger partial charge on any atom is 0.257 e. The summed E-state index contributed by atoms with van der Waals surface area (Å²) in [6, 6.07) is 23.3. The molecule has 0 spiro atoms. The fraction of sp³-hybridized carbons (Fsp3) is 0.130. The Balaban J connectivity index is 1.46. The van der Waals surface area contributed by atoms with Gasteiger partial charge in [-0.05, 0) is 53.4 Å². The second kappa shape index (κ2) is 9.33. The van der Waals surface area contributed by atoms with Crippen molar-refractivity contribution in [2.75, 3.05) is 13.2 Å². The predicted molar refractivity (Wildman–Crippen MR) is 105 cm³/mol. The number of carbonyl (C=O) groups excluding carboxylic acids is 1. The first-order valence-electron chi connectivity index (χ1n) is 8.89. The summed E-state index contributed by atoms with van der Waals surface area (Å²) in [5, 5.41) is 11.6. The molecule has 0 bridgehead atoms. The van der Waals surface area contributed by atoms with Crippen LogP contribution in [0.15, 0.2) is 72.8 Å². The molecule has 3 aromatic rings. The van der Waals surface area contributed by atoms with E-state index in [0.29, 0.717) is 29.8 Å². The third-order valence-electron chi connectivity index (χ3n) is 4.25. The van der Waals surface area contributed by atoms with Crippen LogP contribution in [0.5, 0.6) is 5.75 Å². The Labute approximate surface area is 163 Å². The average Bonchev–Trinajstić information content (AvgIpc) is 2.74. The highest BCUT2D eigenvalue weighted by molar-refractivity contribution is 5.77. The number of nitrogens with zero attached hydrogens (tertiary/aromatic N) is 1. The lowest BCUT2D eigenvalue weighted by Crippen LogP contribution is -2.30. The Bertz CT molecular complexity index is 977. The molecule has 0 radical (unpaired) electrons. The number of rotatable bonds is 7. The zero-order valence-electron chi connectivity index (χ0n) is 15.2. The van der Waals surface area contributed by atoms with Gasteiger partial charge in [-0.2, -0.15) is 5.26 Å². The SMILES string of the molecule is N#Cc1ccc(-c2ccc(OCC(=O)NCCc3ccccc3F)cc2)cc1. The maximum absolute atomic E-state index is 13.5. The number of carbonyl (C=O) groups is 1. The van der Waals surface area contributed by atoms with Gasteiger partial charge in [0.2, 0.25) is 0 Å². The molecule has 140 valence electrons. The molecule has 0 aliphatic heterocycles. The number of amides is 1. The fourth-order valence-electron chi connectivity index (χ4n) is 2.72. The molecule has 0 saturated heterocycles. The third-order valence-corrected chi connectivity index (χ3v) is 4.25. The summed E-state index contributed by atoms with van der Waals surface area (Å²) in [4.78, 5) is 11.9. The summed E-state index contributed by atoms with van der Waals surface area (Å²) in [6.07, 6.45) is 0.428. The molecular formula is C23H19FN2O2. The van der Waals surface area contributed by atoms with Gasteiger partial charge in [-0.3, -0.25) is 4.79 Å². The van der Waals surface area contributed by atoms with Crippen molar-refractivity contribution < 1.29 is 13.9 Å². The highest BCUT2D eigenvalue weighted by atomic mass is 19.1. The molecule has 0 aliphatic carbocycles. The molecule has 3 rings (SSSR count). The van der Waals surface area contributed by atoms with E-state index in [0.717, 1.165) is 11.1 Å². The van der Waals surface area contributed by atoms with E-state index in [1.54, 1.807) is 42.5 Å². The van der Waals surface area contributed by atoms with E-state index in [1.807, 2.05) is 24.3 Å². The molecule has 0 unspecified atom stereocenters. The minimum absolute atomic E-state index is 0.104. The normalized spacial score (nSPS) is 10.1. The van der Waals surface area contributed by atoms with E-state index in [9.17, 15) is 9.18 Å². The van der Waals surface area contributed by atoms with Crippen molar-refractivity contribution in [2.24, 2.45) is 0 Å². The Hall–Kier alpha value is -3.65. The van der Waals surface area contributed by atoms with Gasteiger partial charge in [0.15, 0.2) is 6.61 Å². The summed E-state index contributed by atoms with van der Waals surface area (Å²) >= 11 is 0. The van der Waals surface area contributed by atoms with Crippen LogP contribution in [-0.2, 0) is 11.2 Å². The van der Waals surface area contributed by atoms with Crippen LogP contribution in [0.1, 0.15) is 11.1 Å². The highest BCUT2D eigenvalue weighted by Gasteiger charge is 2.05. The van der Waals surface area contributed by atoms with E-state index >= 15 is 0 Å². The molecule has 0 fully saturated rings. The van der Waals surface area contributed by atoms with E-state index < -0.39 is 0 Å². The number of nitrogens with one attached hydrogen (secondary N) is 1. The lowest BCUT2D eigenvalue weighted by molar-refractivity contribution is -0.123. The summed E-state index contributed by atoms with van der Waals surface area (Å²) in [5.74, 6) is 0.0597. The quantitative estimate of drug-likeness (QED) is 0.677. The Kier molecular flexibility index (Phi) is 6.37. The van der Waals surface area contributed by atoms with E-state index in [1.165, 1.54) is 6.07 Å². The van der Waals surface area contributed by atoms with Gasteiger partial charge < -0.3 is 10.1 Å². The molecule has 0 atom stereocenters. The molecule has 5 heteroatoms. The first kappa shape index (κ1) is 19.1. The molecule has 28 heavy (non-hydrogen) atoms. The van der Waals surface area contributed by atoms with Gasteiger partial charge in [0.05, 0.1) is 11.6 Å². The zero-order valence-corrected chi connectivity index (χ0v) is 15.2. The maximum atomic E-state index is 13.5. The van der Waals surface area contributed by atoms with Gasteiger partial charge >= 0.3 is 0 Å². The molecule has 3 aromatic carbocycles. The van der Waals surface area contributed by atoms with E-state index in [2.05, 4.69) is 11.4 Å². The summed E-state index contributed by atoms with van der Waals surface area (Å²) < 4.78 is 19.0. The van der Waals surface area contributed by atoms with Gasteiger partial charge in [0.1, 0.15) is 11.6 Å². The lowest BCUT2D eigenvalue weighted by Gasteiger charge is -2.09. The van der Waals surface area contributed by atoms with E-state index in [-0.39, 0.29) is 18.3 Å². The molecule has 0 saturated carbocycles. The summed E-state index contributed by atoms with van der Waals surface area (Å²) in [6.45, 7) is 0.244. The van der Waals surface area contributed by atoms with Crippen LogP contribution in [0.3, 0.4) is 0 Å². The van der Waals surface area contributed by atoms with Gasteiger partial charge in [-0.15, -0.1) is 0 Å². The second-order valence-corrected chi connectivity index (χ2v) is 6.19. The van der Waals surface area contributed by atoms with Gasteiger partial charge in [-0.1, -0.05) is 42.5 Å². The molecule has 0 aromatic heterocycles. The number of hydrogen-bond acceptors (Lipinski definition) is 3. The Morgan fingerprint density at radius 1 is 0.964 bits per heavy atom. The summed E-state index contributed by atoms with van der Waals surface area (Å²) in [5.41, 5.74) is 3.18. The van der Waals surface area contributed by atoms with Crippen LogP contribution in [0, 0.1) is 17.1 Å². The summed E-state index contributed by atoms with van der Waals surface area (Å²) in [7, 11) is 0. The number of nitriles is 1. The smallest absolute Gasteiger partial charge is 0.257 e. The van der Waals surface area contributed by atoms with Gasteiger partial charge in [-0.25, -0.2) is 4.39 Å². The molecule has 0 heterocycles. The van der Waals surface area contributed by atoms with Crippen molar-refractivity contribution in [3.05, 3.63) is 89.7 Å². The fourth-order valence-corrected chi connectivity index (χ4v) is 2.72. The van der Waals surface area contributed by atoms with Crippen LogP contribution < -0.4 is 10.1 Å². The minimum Gasteiger partial charge on any atom is -0.484 e. The van der Waals surface area contributed by atoms with E-state index in [4.69, 9.17) is 10.00 Å². The number of benzene rings is 3. The largest absolute Gasteiger partial charge is 0.484 e. The molecule has 1 amide bonds. The van der Waals surface area contributed by atoms with Crippen molar-refractivity contribution in [1.82, 2.24) is 5.32 Å².